The highest BCUT2D eigenvalue weighted by atomic mass is 16.3. The predicted molar refractivity (Wildman–Crippen MR) is 99.6 cm³/mol. The molecule has 0 bridgehead atoms. The summed E-state index contributed by atoms with van der Waals surface area (Å²) in [5, 5.41) is 13.1. The van der Waals surface area contributed by atoms with Crippen molar-refractivity contribution in [3.05, 3.63) is 35.4 Å². The lowest BCUT2D eigenvalue weighted by atomic mass is 9.97. The van der Waals surface area contributed by atoms with Crippen LogP contribution in [-0.2, 0) is 4.79 Å². The molecule has 2 unspecified atom stereocenters. The van der Waals surface area contributed by atoms with Crippen molar-refractivity contribution in [3.8, 4) is 0 Å². The molecule has 3 amide bonds. The molecule has 2 saturated heterocycles. The van der Waals surface area contributed by atoms with Crippen LogP contribution in [0.15, 0.2) is 24.3 Å². The lowest BCUT2D eigenvalue weighted by Crippen LogP contribution is -2.49. The molecule has 2 atom stereocenters. The van der Waals surface area contributed by atoms with Gasteiger partial charge in [0.05, 0.1) is 12.0 Å². The van der Waals surface area contributed by atoms with Crippen LogP contribution in [0, 0.1) is 12.8 Å². The van der Waals surface area contributed by atoms with E-state index in [4.69, 9.17) is 0 Å². The molecule has 2 fully saturated rings. The molecular weight excluding hydrogens is 330 g/mol. The third-order valence-corrected chi connectivity index (χ3v) is 5.37. The highest BCUT2D eigenvalue weighted by Gasteiger charge is 2.31. The van der Waals surface area contributed by atoms with E-state index in [0.29, 0.717) is 6.54 Å². The number of hydrogen-bond acceptors (Lipinski definition) is 3. The van der Waals surface area contributed by atoms with Crippen LogP contribution < -0.4 is 5.32 Å². The van der Waals surface area contributed by atoms with Gasteiger partial charge in [-0.25, -0.2) is 4.79 Å². The highest BCUT2D eigenvalue weighted by molar-refractivity contribution is 5.81. The summed E-state index contributed by atoms with van der Waals surface area (Å²) in [6.45, 7) is 5.05. The molecule has 1 aromatic carbocycles. The first-order valence-electron chi connectivity index (χ1n) is 9.61. The smallest absolute Gasteiger partial charge is 0.320 e. The molecule has 0 saturated carbocycles. The van der Waals surface area contributed by atoms with Crippen molar-refractivity contribution in [2.24, 2.45) is 5.92 Å². The molecule has 2 aliphatic rings. The van der Waals surface area contributed by atoms with Crippen LogP contribution in [0.25, 0.3) is 0 Å². The normalized spacial score (nSPS) is 21.5. The molecule has 6 nitrogen and oxygen atoms in total. The third kappa shape index (κ3) is 4.55. The number of carbonyl (C=O) groups is 2. The van der Waals surface area contributed by atoms with Gasteiger partial charge in [0.1, 0.15) is 0 Å². The maximum Gasteiger partial charge on any atom is 0.320 e. The predicted octanol–water partition coefficient (Wildman–Crippen LogP) is 2.07. The van der Waals surface area contributed by atoms with Gasteiger partial charge in [0.2, 0.25) is 5.91 Å². The molecular formula is C20H29N3O3. The first-order valence-corrected chi connectivity index (χ1v) is 9.61. The molecule has 0 radical (unpaired) electrons. The third-order valence-electron chi connectivity index (χ3n) is 5.37. The summed E-state index contributed by atoms with van der Waals surface area (Å²) in [4.78, 5) is 28.7. The molecule has 0 aromatic heterocycles. The summed E-state index contributed by atoms with van der Waals surface area (Å²) in [6, 6.07) is 7.72. The number of benzene rings is 1. The van der Waals surface area contributed by atoms with Crippen molar-refractivity contribution in [1.82, 2.24) is 15.1 Å². The number of nitrogens with zero attached hydrogens (tertiary/aromatic N) is 2. The van der Waals surface area contributed by atoms with E-state index in [-0.39, 0.29) is 24.4 Å². The van der Waals surface area contributed by atoms with Crippen LogP contribution in [-0.4, -0.2) is 59.6 Å². The second-order valence-electron chi connectivity index (χ2n) is 7.43. The maximum atomic E-state index is 12.5. The van der Waals surface area contributed by atoms with Crippen molar-refractivity contribution in [3.63, 3.8) is 0 Å². The number of piperidine rings is 1. The zero-order valence-electron chi connectivity index (χ0n) is 15.5. The number of urea groups is 1. The Balaban J connectivity index is 1.49. The van der Waals surface area contributed by atoms with Crippen LogP contribution in [0.4, 0.5) is 4.79 Å². The first kappa shape index (κ1) is 18.7. The van der Waals surface area contributed by atoms with Crippen molar-refractivity contribution < 1.29 is 14.7 Å². The lowest BCUT2D eigenvalue weighted by Gasteiger charge is -2.34. The lowest BCUT2D eigenvalue weighted by molar-refractivity contribution is -0.126. The van der Waals surface area contributed by atoms with E-state index in [1.807, 2.05) is 41.0 Å². The highest BCUT2D eigenvalue weighted by Crippen LogP contribution is 2.20. The fourth-order valence-electron chi connectivity index (χ4n) is 3.72. The molecule has 26 heavy (non-hydrogen) atoms. The van der Waals surface area contributed by atoms with Gasteiger partial charge in [-0.1, -0.05) is 29.8 Å². The molecule has 1 aromatic rings. The Morgan fingerprint density at radius 2 is 1.77 bits per heavy atom. The van der Waals surface area contributed by atoms with Gasteiger partial charge in [-0.15, -0.1) is 0 Å². The average Bonchev–Trinajstić information content (AvgIpc) is 3.20. The van der Waals surface area contributed by atoms with Gasteiger partial charge in [0, 0.05) is 32.7 Å². The number of carbonyl (C=O) groups excluding carboxylic acids is 2. The topological polar surface area (TPSA) is 72.9 Å². The number of likely N-dealkylation sites (tertiary alicyclic amines) is 2. The maximum absolute atomic E-state index is 12.5. The number of aliphatic hydroxyl groups is 1. The summed E-state index contributed by atoms with van der Waals surface area (Å²) in [7, 11) is 0. The van der Waals surface area contributed by atoms with E-state index in [1.165, 1.54) is 0 Å². The van der Waals surface area contributed by atoms with E-state index < -0.39 is 6.10 Å². The summed E-state index contributed by atoms with van der Waals surface area (Å²) in [5.41, 5.74) is 1.93. The minimum Gasteiger partial charge on any atom is -0.387 e. The molecule has 2 N–H and O–H groups in total. The minimum absolute atomic E-state index is 0.0692. The molecule has 142 valence electrons. The molecule has 2 aliphatic heterocycles. The molecule has 2 heterocycles. The van der Waals surface area contributed by atoms with Gasteiger partial charge in [-0.05, 0) is 38.2 Å². The van der Waals surface area contributed by atoms with Gasteiger partial charge in [0.15, 0.2) is 0 Å². The number of amides is 3. The largest absolute Gasteiger partial charge is 0.387 e. The number of rotatable bonds is 4. The number of nitrogens with one attached hydrogen (secondary N) is 1. The van der Waals surface area contributed by atoms with Crippen molar-refractivity contribution in [1.29, 1.82) is 0 Å². The van der Waals surface area contributed by atoms with Gasteiger partial charge in [-0.2, -0.15) is 0 Å². The van der Waals surface area contributed by atoms with Crippen LogP contribution in [0.5, 0.6) is 0 Å². The van der Waals surface area contributed by atoms with Crippen molar-refractivity contribution in [2.75, 3.05) is 32.7 Å². The Hall–Kier alpha value is -2.08. The average molecular weight is 359 g/mol. The number of hydrogen-bond donors (Lipinski definition) is 2. The SMILES string of the molecule is Cc1ccc(C(O)CNC(=O)C2CCCN(C(=O)N3CCCC3)C2)cc1. The van der Waals surface area contributed by atoms with Crippen molar-refractivity contribution in [2.45, 2.75) is 38.7 Å². The van der Waals surface area contributed by atoms with Gasteiger partial charge < -0.3 is 20.2 Å². The van der Waals surface area contributed by atoms with Crippen LogP contribution in [0.1, 0.15) is 42.9 Å². The van der Waals surface area contributed by atoms with Gasteiger partial charge in [0.25, 0.3) is 0 Å². The van der Waals surface area contributed by atoms with Crippen LogP contribution in [0.3, 0.4) is 0 Å². The zero-order valence-corrected chi connectivity index (χ0v) is 15.5. The molecule has 3 rings (SSSR count). The second-order valence-corrected chi connectivity index (χ2v) is 7.43. The summed E-state index contributed by atoms with van der Waals surface area (Å²) in [5.74, 6) is -0.268. The molecule has 6 heteroatoms. The summed E-state index contributed by atoms with van der Waals surface area (Å²) >= 11 is 0. The van der Waals surface area contributed by atoms with E-state index >= 15 is 0 Å². The van der Waals surface area contributed by atoms with Gasteiger partial charge >= 0.3 is 6.03 Å². The minimum atomic E-state index is -0.717. The van der Waals surface area contributed by atoms with Crippen LogP contribution in [0.2, 0.25) is 0 Å². The molecule has 0 aliphatic carbocycles. The second kappa shape index (κ2) is 8.54. The Bertz CT molecular complexity index is 626. The van der Waals surface area contributed by atoms with E-state index in [0.717, 1.165) is 56.4 Å². The summed E-state index contributed by atoms with van der Waals surface area (Å²) in [6.07, 6.45) is 3.06. The van der Waals surface area contributed by atoms with E-state index in [2.05, 4.69) is 5.32 Å². The number of aryl methyl sites for hydroxylation is 1. The van der Waals surface area contributed by atoms with Crippen LogP contribution >= 0.6 is 0 Å². The van der Waals surface area contributed by atoms with E-state index in [1.54, 1.807) is 0 Å². The Morgan fingerprint density at radius 1 is 1.12 bits per heavy atom. The molecule has 0 spiro atoms. The Morgan fingerprint density at radius 3 is 2.46 bits per heavy atom. The monoisotopic (exact) mass is 359 g/mol. The quantitative estimate of drug-likeness (QED) is 0.864. The Labute approximate surface area is 155 Å². The summed E-state index contributed by atoms with van der Waals surface area (Å²) < 4.78 is 0. The zero-order chi connectivity index (χ0) is 18.5. The standard InChI is InChI=1S/C20H29N3O3/c1-15-6-8-16(9-7-15)18(24)13-21-19(25)17-5-4-12-23(14-17)20(26)22-10-2-3-11-22/h6-9,17-18,24H,2-5,10-14H2,1H3,(H,21,25). The van der Waals surface area contributed by atoms with Gasteiger partial charge in [-0.3, -0.25) is 4.79 Å². The van der Waals surface area contributed by atoms with Crippen molar-refractivity contribution >= 4 is 11.9 Å². The Kier molecular flexibility index (Phi) is 6.14. The fourth-order valence-corrected chi connectivity index (χ4v) is 3.72. The number of aliphatic hydroxyl groups excluding tert-OH is 1. The van der Waals surface area contributed by atoms with E-state index in [9.17, 15) is 14.7 Å². The first-order chi connectivity index (χ1) is 12.5. The fraction of sp³-hybridized carbons (Fsp3) is 0.600.